The van der Waals surface area contributed by atoms with E-state index in [1.165, 1.54) is 11.1 Å². The molecule has 1 saturated heterocycles. The molecule has 1 aromatic carbocycles. The summed E-state index contributed by atoms with van der Waals surface area (Å²) in [6.07, 6.45) is 3.63. The van der Waals surface area contributed by atoms with E-state index in [1.807, 2.05) is 0 Å². The van der Waals surface area contributed by atoms with Crippen molar-refractivity contribution in [3.05, 3.63) is 35.4 Å². The van der Waals surface area contributed by atoms with Crippen molar-refractivity contribution >= 4 is 5.96 Å². The number of rotatable bonds is 8. The van der Waals surface area contributed by atoms with E-state index in [0.29, 0.717) is 12.7 Å². The Hall–Kier alpha value is -1.59. The van der Waals surface area contributed by atoms with Crippen molar-refractivity contribution in [2.45, 2.75) is 45.4 Å². The van der Waals surface area contributed by atoms with Gasteiger partial charge in [-0.05, 0) is 30.4 Å². The predicted octanol–water partition coefficient (Wildman–Crippen LogP) is 2.46. The molecule has 1 heterocycles. The Labute approximate surface area is 139 Å². The number of hydrogen-bond donors (Lipinski definition) is 2. The Morgan fingerprint density at radius 1 is 1.30 bits per heavy atom. The lowest BCUT2D eigenvalue weighted by molar-refractivity contribution is 0.114. The van der Waals surface area contributed by atoms with Gasteiger partial charge in [0.15, 0.2) is 5.96 Å². The monoisotopic (exact) mass is 319 g/mol. The number of benzene rings is 1. The third-order valence-corrected chi connectivity index (χ3v) is 3.92. The zero-order chi connectivity index (χ0) is 16.3. The first kappa shape index (κ1) is 17.8. The normalized spacial score (nSPS) is 18.2. The first-order valence-corrected chi connectivity index (χ1v) is 8.54. The lowest BCUT2D eigenvalue weighted by Gasteiger charge is -2.16. The summed E-state index contributed by atoms with van der Waals surface area (Å²) < 4.78 is 11.3. The molecule has 1 aromatic rings. The Kier molecular flexibility index (Phi) is 7.90. The van der Waals surface area contributed by atoms with Crippen LogP contribution < -0.4 is 10.6 Å². The van der Waals surface area contributed by atoms with Crippen molar-refractivity contribution in [2.24, 2.45) is 4.99 Å². The van der Waals surface area contributed by atoms with Gasteiger partial charge in [0.2, 0.25) is 0 Å². The van der Waals surface area contributed by atoms with Crippen LogP contribution in [0.4, 0.5) is 0 Å². The van der Waals surface area contributed by atoms with Gasteiger partial charge in [-0.3, -0.25) is 4.99 Å². The van der Waals surface area contributed by atoms with E-state index in [9.17, 15) is 0 Å². The summed E-state index contributed by atoms with van der Waals surface area (Å²) in [5.41, 5.74) is 2.46. The minimum absolute atomic E-state index is 0.309. The van der Waals surface area contributed by atoms with Crippen LogP contribution in [-0.4, -0.2) is 38.9 Å². The maximum atomic E-state index is 5.67. The average molecular weight is 319 g/mol. The van der Waals surface area contributed by atoms with Gasteiger partial charge in [0, 0.05) is 33.4 Å². The summed E-state index contributed by atoms with van der Waals surface area (Å²) in [7, 11) is 1.79. The standard InChI is InChI=1S/C18H29N3O2/c1-3-10-22-14-16-8-5-4-7-15(16)12-20-18(19-2)21-13-17-9-6-11-23-17/h4-5,7-8,17H,3,6,9-14H2,1-2H3,(H2,19,20,21). The van der Waals surface area contributed by atoms with Gasteiger partial charge in [-0.2, -0.15) is 0 Å². The second-order valence-electron chi connectivity index (χ2n) is 5.76. The molecule has 1 aliphatic heterocycles. The Morgan fingerprint density at radius 2 is 2.13 bits per heavy atom. The molecule has 5 nitrogen and oxygen atoms in total. The van der Waals surface area contributed by atoms with Gasteiger partial charge in [0.1, 0.15) is 0 Å². The van der Waals surface area contributed by atoms with Gasteiger partial charge in [-0.25, -0.2) is 0 Å². The first-order chi connectivity index (χ1) is 11.3. The van der Waals surface area contributed by atoms with Crippen molar-refractivity contribution in [3.63, 3.8) is 0 Å². The van der Waals surface area contributed by atoms with Crippen molar-refractivity contribution in [2.75, 3.05) is 26.8 Å². The molecule has 0 bridgehead atoms. The minimum atomic E-state index is 0.309. The van der Waals surface area contributed by atoms with Crippen LogP contribution in [0.5, 0.6) is 0 Å². The van der Waals surface area contributed by atoms with Gasteiger partial charge in [0.05, 0.1) is 12.7 Å². The number of ether oxygens (including phenoxy) is 2. The molecule has 1 aliphatic rings. The summed E-state index contributed by atoms with van der Waals surface area (Å²) in [5.74, 6) is 0.810. The lowest BCUT2D eigenvalue weighted by atomic mass is 10.1. The quantitative estimate of drug-likeness (QED) is 0.439. The van der Waals surface area contributed by atoms with Gasteiger partial charge < -0.3 is 20.1 Å². The summed E-state index contributed by atoms with van der Waals surface area (Å²) >= 11 is 0. The first-order valence-electron chi connectivity index (χ1n) is 8.54. The van der Waals surface area contributed by atoms with Crippen LogP contribution in [0.25, 0.3) is 0 Å². The zero-order valence-electron chi connectivity index (χ0n) is 14.3. The maximum Gasteiger partial charge on any atom is 0.191 e. The van der Waals surface area contributed by atoms with Crippen molar-refractivity contribution in [3.8, 4) is 0 Å². The molecule has 0 saturated carbocycles. The molecule has 0 aliphatic carbocycles. The molecular weight excluding hydrogens is 290 g/mol. The molecule has 2 rings (SSSR count). The van der Waals surface area contributed by atoms with E-state index >= 15 is 0 Å². The van der Waals surface area contributed by atoms with Gasteiger partial charge in [-0.15, -0.1) is 0 Å². The summed E-state index contributed by atoms with van der Waals surface area (Å²) in [4.78, 5) is 4.28. The number of aliphatic imine (C=N–C) groups is 1. The molecule has 0 radical (unpaired) electrons. The van der Waals surface area contributed by atoms with Gasteiger partial charge >= 0.3 is 0 Å². The summed E-state index contributed by atoms with van der Waals surface area (Å²) in [6, 6.07) is 8.36. The molecule has 1 unspecified atom stereocenters. The smallest absolute Gasteiger partial charge is 0.191 e. The van der Waals surface area contributed by atoms with E-state index < -0.39 is 0 Å². The van der Waals surface area contributed by atoms with Crippen LogP contribution in [0, 0.1) is 0 Å². The highest BCUT2D eigenvalue weighted by molar-refractivity contribution is 5.79. The maximum absolute atomic E-state index is 5.67. The number of guanidine groups is 1. The van der Waals surface area contributed by atoms with Crippen molar-refractivity contribution in [1.29, 1.82) is 0 Å². The van der Waals surface area contributed by atoms with Crippen LogP contribution >= 0.6 is 0 Å². The van der Waals surface area contributed by atoms with Crippen LogP contribution in [0.15, 0.2) is 29.3 Å². The molecule has 1 fully saturated rings. The van der Waals surface area contributed by atoms with E-state index in [-0.39, 0.29) is 0 Å². The Balaban J connectivity index is 1.80. The van der Waals surface area contributed by atoms with E-state index in [4.69, 9.17) is 9.47 Å². The second-order valence-corrected chi connectivity index (χ2v) is 5.76. The second kappa shape index (κ2) is 10.2. The molecule has 0 amide bonds. The molecule has 0 aromatic heterocycles. The molecule has 5 heteroatoms. The highest BCUT2D eigenvalue weighted by atomic mass is 16.5. The molecular formula is C18H29N3O2. The zero-order valence-corrected chi connectivity index (χ0v) is 14.3. The Morgan fingerprint density at radius 3 is 2.83 bits per heavy atom. The fourth-order valence-corrected chi connectivity index (χ4v) is 2.61. The van der Waals surface area contributed by atoms with E-state index in [0.717, 1.165) is 51.5 Å². The lowest BCUT2D eigenvalue weighted by Crippen LogP contribution is -2.40. The molecule has 1 atom stereocenters. The molecule has 0 spiro atoms. The molecule has 23 heavy (non-hydrogen) atoms. The Bertz CT molecular complexity index is 485. The SMILES string of the molecule is CCCOCc1ccccc1CNC(=NC)NCC1CCCO1. The van der Waals surface area contributed by atoms with Crippen molar-refractivity contribution in [1.82, 2.24) is 10.6 Å². The van der Waals surface area contributed by atoms with E-state index in [2.05, 4.69) is 46.8 Å². The van der Waals surface area contributed by atoms with Crippen LogP contribution in [0.2, 0.25) is 0 Å². The predicted molar refractivity (Wildman–Crippen MR) is 93.6 cm³/mol. The fourth-order valence-electron chi connectivity index (χ4n) is 2.61. The molecule has 128 valence electrons. The van der Waals surface area contributed by atoms with Crippen LogP contribution in [0.3, 0.4) is 0 Å². The fraction of sp³-hybridized carbons (Fsp3) is 0.611. The van der Waals surface area contributed by atoms with Crippen molar-refractivity contribution < 1.29 is 9.47 Å². The third kappa shape index (κ3) is 6.20. The number of nitrogens with one attached hydrogen (secondary N) is 2. The minimum Gasteiger partial charge on any atom is -0.377 e. The number of hydrogen-bond acceptors (Lipinski definition) is 3. The summed E-state index contributed by atoms with van der Waals surface area (Å²) in [5, 5.41) is 6.70. The highest BCUT2D eigenvalue weighted by Crippen LogP contribution is 2.11. The topological polar surface area (TPSA) is 54.9 Å². The van der Waals surface area contributed by atoms with Gasteiger partial charge in [-0.1, -0.05) is 31.2 Å². The van der Waals surface area contributed by atoms with E-state index in [1.54, 1.807) is 7.05 Å². The van der Waals surface area contributed by atoms with Crippen LogP contribution in [0.1, 0.15) is 37.3 Å². The highest BCUT2D eigenvalue weighted by Gasteiger charge is 2.15. The average Bonchev–Trinajstić information content (AvgIpc) is 3.10. The largest absolute Gasteiger partial charge is 0.377 e. The number of nitrogens with zero attached hydrogens (tertiary/aromatic N) is 1. The third-order valence-electron chi connectivity index (χ3n) is 3.92. The van der Waals surface area contributed by atoms with Crippen LogP contribution in [-0.2, 0) is 22.6 Å². The van der Waals surface area contributed by atoms with Gasteiger partial charge in [0.25, 0.3) is 0 Å². The summed E-state index contributed by atoms with van der Waals surface area (Å²) in [6.45, 7) is 6.00. The molecule has 2 N–H and O–H groups in total.